The number of halogens is 1. The van der Waals surface area contributed by atoms with Gasteiger partial charge >= 0.3 is 5.97 Å². The Bertz CT molecular complexity index is 1180. The molecule has 1 fully saturated rings. The van der Waals surface area contributed by atoms with E-state index in [1.807, 2.05) is 28.4 Å². The van der Waals surface area contributed by atoms with Crippen molar-refractivity contribution < 1.29 is 27.5 Å². The lowest BCUT2D eigenvalue weighted by Crippen LogP contribution is -2.68. The minimum Gasteiger partial charge on any atom is -0.453 e. The van der Waals surface area contributed by atoms with Gasteiger partial charge in [0.25, 0.3) is 0 Å². The smallest absolute Gasteiger partial charge is 0.338 e. The standard InChI is InChI=1S/C36H63IO6Si3/c1-17-21-27-29(40-33(38)26-22-19-18-20-23-26)31(42-45(13,14)35(5,6)7)32(43-46(15,16)36(8,9)10)30(39-27)28(24-25-37)41-44(11,12)34(2,3)4/h17-20,22-25,27-32H,1,21H2,2-16H3/b25-24+/t27-,28-,29-,30-,31-,32+/m0/s1. The van der Waals surface area contributed by atoms with Crippen LogP contribution in [0.25, 0.3) is 0 Å². The molecule has 6 nitrogen and oxygen atoms in total. The summed E-state index contributed by atoms with van der Waals surface area (Å²) >= 11 is 2.26. The van der Waals surface area contributed by atoms with Crippen LogP contribution in [0.15, 0.2) is 53.1 Å². The molecule has 0 radical (unpaired) electrons. The molecule has 0 spiro atoms. The van der Waals surface area contributed by atoms with E-state index in [4.69, 9.17) is 22.8 Å². The highest BCUT2D eigenvalue weighted by Gasteiger charge is 2.57. The van der Waals surface area contributed by atoms with Gasteiger partial charge in [-0.15, -0.1) is 6.58 Å². The lowest BCUT2D eigenvalue weighted by molar-refractivity contribution is -0.227. The molecule has 0 unspecified atom stereocenters. The summed E-state index contributed by atoms with van der Waals surface area (Å²) in [5, 5.41) is -0.189. The summed E-state index contributed by atoms with van der Waals surface area (Å²) in [7, 11) is -7.10. The minimum atomic E-state index is -2.43. The highest BCUT2D eigenvalue weighted by atomic mass is 127. The van der Waals surface area contributed by atoms with Gasteiger partial charge in [0.1, 0.15) is 24.4 Å². The third-order valence-electron chi connectivity index (χ3n) is 10.6. The second-order valence-electron chi connectivity index (χ2n) is 17.2. The number of carbonyl (C=O) groups excluding carboxylic acids is 1. The average Bonchev–Trinajstić information content (AvgIpc) is 2.89. The highest BCUT2D eigenvalue weighted by Crippen LogP contribution is 2.46. The van der Waals surface area contributed by atoms with Crippen molar-refractivity contribution in [1.29, 1.82) is 0 Å². The molecule has 2 rings (SSSR count). The first kappa shape index (κ1) is 41.6. The molecular weight excluding hydrogens is 740 g/mol. The van der Waals surface area contributed by atoms with Gasteiger partial charge in [-0.3, -0.25) is 0 Å². The maximum absolute atomic E-state index is 13.7. The molecule has 6 atom stereocenters. The van der Waals surface area contributed by atoms with Crippen LogP contribution in [0.4, 0.5) is 0 Å². The van der Waals surface area contributed by atoms with E-state index >= 15 is 0 Å². The maximum Gasteiger partial charge on any atom is 0.338 e. The molecule has 1 aliphatic heterocycles. The van der Waals surface area contributed by atoms with E-state index in [1.165, 1.54) is 0 Å². The molecule has 1 aromatic rings. The summed E-state index contributed by atoms with van der Waals surface area (Å²) in [6.07, 6.45) is 1.16. The van der Waals surface area contributed by atoms with Crippen molar-refractivity contribution >= 4 is 53.5 Å². The molecule has 1 heterocycles. The van der Waals surface area contributed by atoms with E-state index in [0.717, 1.165) is 0 Å². The number of esters is 1. The first-order valence-corrected chi connectivity index (χ1v) is 26.6. The summed E-state index contributed by atoms with van der Waals surface area (Å²) in [6.45, 7) is 37.7. The summed E-state index contributed by atoms with van der Waals surface area (Å²) < 4.78 is 37.5. The summed E-state index contributed by atoms with van der Waals surface area (Å²) in [6, 6.07) is 9.13. The first-order chi connectivity index (χ1) is 20.8. The fourth-order valence-electron chi connectivity index (χ4n) is 4.58. The second kappa shape index (κ2) is 15.5. The second-order valence-corrected chi connectivity index (χ2v) is 32.2. The summed E-state index contributed by atoms with van der Waals surface area (Å²) in [4.78, 5) is 13.7. The largest absolute Gasteiger partial charge is 0.453 e. The molecule has 0 saturated carbocycles. The molecule has 0 amide bonds. The van der Waals surface area contributed by atoms with Gasteiger partial charge < -0.3 is 22.8 Å². The zero-order valence-corrected chi connectivity index (χ0v) is 36.5. The van der Waals surface area contributed by atoms with Crippen molar-refractivity contribution in [2.45, 2.75) is 160 Å². The Kier molecular flexibility index (Phi) is 14.0. The SMILES string of the molecule is C=CC[C@@H]1O[C@@H]([C@H](/C=C/I)O[Si](C)(C)C(C)(C)C)[C@@H](O[Si](C)(C)C(C)(C)C)[C@@H](O[Si](C)(C)C(C)(C)C)[C@H]1OC(=O)c1ccccc1. The summed E-state index contributed by atoms with van der Waals surface area (Å²) in [5.41, 5.74) is 0.488. The Morgan fingerprint density at radius 1 is 0.826 bits per heavy atom. The van der Waals surface area contributed by atoms with Crippen molar-refractivity contribution in [1.82, 2.24) is 0 Å². The Labute approximate surface area is 297 Å². The van der Waals surface area contributed by atoms with Gasteiger partial charge in [-0.2, -0.15) is 0 Å². The number of ether oxygens (including phenoxy) is 2. The van der Waals surface area contributed by atoms with Crippen LogP contribution >= 0.6 is 22.6 Å². The van der Waals surface area contributed by atoms with Crippen molar-refractivity contribution in [2.24, 2.45) is 0 Å². The van der Waals surface area contributed by atoms with Crippen LogP contribution in [0.2, 0.25) is 54.4 Å². The molecule has 1 saturated heterocycles. The van der Waals surface area contributed by atoms with Crippen LogP contribution < -0.4 is 0 Å². The van der Waals surface area contributed by atoms with E-state index in [9.17, 15) is 4.79 Å². The molecule has 0 aliphatic carbocycles. The molecule has 1 aromatic carbocycles. The van der Waals surface area contributed by atoms with Gasteiger partial charge in [0.2, 0.25) is 0 Å². The van der Waals surface area contributed by atoms with Gasteiger partial charge in [-0.05, 0) is 83.1 Å². The molecule has 46 heavy (non-hydrogen) atoms. The van der Waals surface area contributed by atoms with Crippen LogP contribution in [-0.4, -0.2) is 67.5 Å². The first-order valence-electron chi connectivity index (χ1n) is 16.6. The van der Waals surface area contributed by atoms with Crippen LogP contribution in [0.5, 0.6) is 0 Å². The van der Waals surface area contributed by atoms with Gasteiger partial charge in [-0.1, -0.05) is 109 Å². The number of hydrogen-bond acceptors (Lipinski definition) is 6. The van der Waals surface area contributed by atoms with Crippen molar-refractivity contribution in [3.8, 4) is 0 Å². The molecule has 262 valence electrons. The van der Waals surface area contributed by atoms with Gasteiger partial charge in [0.15, 0.2) is 31.1 Å². The lowest BCUT2D eigenvalue weighted by Gasteiger charge is -2.54. The maximum atomic E-state index is 13.7. The van der Waals surface area contributed by atoms with E-state index in [-0.39, 0.29) is 15.1 Å². The van der Waals surface area contributed by atoms with Crippen LogP contribution in [0.3, 0.4) is 0 Å². The average molecular weight is 803 g/mol. The van der Waals surface area contributed by atoms with Crippen molar-refractivity contribution in [3.05, 3.63) is 58.7 Å². The minimum absolute atomic E-state index is 0.0138. The van der Waals surface area contributed by atoms with Gasteiger partial charge in [-0.25, -0.2) is 4.79 Å². The Morgan fingerprint density at radius 3 is 1.74 bits per heavy atom. The quantitative estimate of drug-likeness (QED) is 0.0908. The molecule has 10 heteroatoms. The fraction of sp³-hybridized carbons (Fsp3) is 0.694. The Balaban J connectivity index is 2.88. The number of carbonyl (C=O) groups is 1. The zero-order valence-electron chi connectivity index (χ0n) is 31.3. The molecule has 1 aliphatic rings. The van der Waals surface area contributed by atoms with Crippen molar-refractivity contribution in [2.75, 3.05) is 0 Å². The van der Waals surface area contributed by atoms with Crippen LogP contribution in [0, 0.1) is 0 Å². The third-order valence-corrected chi connectivity index (χ3v) is 24.5. The summed E-state index contributed by atoms with van der Waals surface area (Å²) in [5.74, 6) is -0.405. The Morgan fingerprint density at radius 2 is 1.30 bits per heavy atom. The van der Waals surface area contributed by atoms with E-state index < -0.39 is 67.5 Å². The number of benzene rings is 1. The Hall–Kier alpha value is -0.609. The topological polar surface area (TPSA) is 63.2 Å². The normalized spacial score (nSPS) is 24.6. The predicted molar refractivity (Wildman–Crippen MR) is 208 cm³/mol. The van der Waals surface area contributed by atoms with Crippen LogP contribution in [-0.2, 0) is 22.8 Å². The monoisotopic (exact) mass is 802 g/mol. The van der Waals surface area contributed by atoms with E-state index in [0.29, 0.717) is 12.0 Å². The molecule has 0 aromatic heterocycles. The van der Waals surface area contributed by atoms with Gasteiger partial charge in [0.05, 0.1) is 11.7 Å². The number of rotatable bonds is 12. The van der Waals surface area contributed by atoms with E-state index in [2.05, 4.69) is 137 Å². The van der Waals surface area contributed by atoms with Crippen LogP contribution in [0.1, 0.15) is 79.1 Å². The lowest BCUT2D eigenvalue weighted by atomic mass is 9.90. The van der Waals surface area contributed by atoms with Gasteiger partial charge in [0, 0.05) is 0 Å². The fourth-order valence-corrected chi connectivity index (χ4v) is 8.84. The van der Waals surface area contributed by atoms with Crippen molar-refractivity contribution in [3.63, 3.8) is 0 Å². The van der Waals surface area contributed by atoms with E-state index in [1.54, 1.807) is 12.1 Å². The predicted octanol–water partition coefficient (Wildman–Crippen LogP) is 10.7. The number of hydrogen-bond donors (Lipinski definition) is 0. The molecule has 0 bridgehead atoms. The molecule has 0 N–H and O–H groups in total. The zero-order chi connectivity index (χ0) is 35.5. The third kappa shape index (κ3) is 10.2. The highest BCUT2D eigenvalue weighted by molar-refractivity contribution is 14.1. The molecular formula is C36H63IO6Si3.